The van der Waals surface area contributed by atoms with Crippen molar-refractivity contribution in [2.45, 2.75) is 23.3 Å². The molecule has 13 heavy (non-hydrogen) atoms. The van der Waals surface area contributed by atoms with Gasteiger partial charge in [-0.25, -0.2) is 0 Å². The van der Waals surface area contributed by atoms with Gasteiger partial charge in [0.25, 0.3) is 0 Å². The summed E-state index contributed by atoms with van der Waals surface area (Å²) in [7, 11) is 0. The summed E-state index contributed by atoms with van der Waals surface area (Å²) < 4.78 is 5.41. The predicted octanol–water partition coefficient (Wildman–Crippen LogP) is 3.31. The maximum atomic E-state index is 5.42. The second kappa shape index (κ2) is 3.42. The summed E-state index contributed by atoms with van der Waals surface area (Å²) in [6.07, 6.45) is 1.72. The normalized spacial score (nSPS) is 33.5. The van der Waals surface area contributed by atoms with Gasteiger partial charge in [0.1, 0.15) is 9.84 Å². The van der Waals surface area contributed by atoms with Gasteiger partial charge < -0.3 is 4.42 Å². The molecule has 0 saturated carbocycles. The summed E-state index contributed by atoms with van der Waals surface area (Å²) in [6.45, 7) is 4.27. The van der Waals surface area contributed by atoms with Crippen LogP contribution in [-0.4, -0.2) is 10.9 Å². The Labute approximate surface area is 86.2 Å². The van der Waals surface area contributed by atoms with E-state index in [0.717, 1.165) is 5.76 Å². The summed E-state index contributed by atoms with van der Waals surface area (Å²) in [5.74, 6) is 1.01. The zero-order valence-corrected chi connectivity index (χ0v) is 9.19. The van der Waals surface area contributed by atoms with Gasteiger partial charge in [0.2, 0.25) is 0 Å². The summed E-state index contributed by atoms with van der Waals surface area (Å²) in [4.78, 5) is 4.29. The van der Waals surface area contributed by atoms with Crippen molar-refractivity contribution in [3.63, 3.8) is 0 Å². The first-order chi connectivity index (χ1) is 6.21. The van der Waals surface area contributed by atoms with E-state index in [4.69, 9.17) is 4.42 Å². The molecular weight excluding hydrogens is 202 g/mol. The topological polar surface area (TPSA) is 25.5 Å². The van der Waals surface area contributed by atoms with Crippen LogP contribution in [-0.2, 0) is 4.08 Å². The zero-order chi connectivity index (χ0) is 9.31. The van der Waals surface area contributed by atoms with Crippen LogP contribution in [0.3, 0.4) is 0 Å². The lowest BCUT2D eigenvalue weighted by Crippen LogP contribution is -2.18. The van der Waals surface area contributed by atoms with Crippen LogP contribution in [0.15, 0.2) is 27.8 Å². The fourth-order valence-corrected chi connectivity index (χ4v) is 3.78. The highest BCUT2D eigenvalue weighted by Crippen LogP contribution is 2.49. The van der Waals surface area contributed by atoms with Crippen molar-refractivity contribution in [3.05, 3.63) is 24.2 Å². The summed E-state index contributed by atoms with van der Waals surface area (Å²) in [6, 6.07) is 3.95. The standard InChI is InChI=1S/C9H11NOS2/c1-7-10-6-12-9(2,13-7)8-4-3-5-11-8/h3-7H,1-2H3. The molecule has 2 unspecified atom stereocenters. The minimum Gasteiger partial charge on any atom is -0.467 e. The maximum absolute atomic E-state index is 5.42. The van der Waals surface area contributed by atoms with Crippen LogP contribution in [0.1, 0.15) is 19.6 Å². The molecule has 1 aromatic rings. The molecule has 0 N–H and O–H groups in total. The van der Waals surface area contributed by atoms with Gasteiger partial charge in [-0.2, -0.15) is 0 Å². The molecule has 0 radical (unpaired) electrons. The molecular formula is C9H11NOS2. The van der Waals surface area contributed by atoms with E-state index in [9.17, 15) is 0 Å². The first-order valence-corrected chi connectivity index (χ1v) is 5.88. The van der Waals surface area contributed by atoms with Crippen molar-refractivity contribution >= 4 is 29.1 Å². The average molecular weight is 213 g/mol. The molecule has 0 aliphatic carbocycles. The highest BCUT2D eigenvalue weighted by Gasteiger charge is 2.34. The molecule has 1 aromatic heterocycles. The summed E-state index contributed by atoms with van der Waals surface area (Å²) >= 11 is 3.52. The second-order valence-electron chi connectivity index (χ2n) is 3.01. The minimum atomic E-state index is -0.00926. The molecule has 2 atom stereocenters. The number of furan rings is 1. The lowest BCUT2D eigenvalue weighted by molar-refractivity contribution is 0.502. The zero-order valence-electron chi connectivity index (χ0n) is 7.56. The van der Waals surface area contributed by atoms with Crippen LogP contribution in [0.25, 0.3) is 0 Å². The molecule has 0 amide bonds. The predicted molar refractivity (Wildman–Crippen MR) is 59.2 cm³/mol. The van der Waals surface area contributed by atoms with Gasteiger partial charge in [-0.15, -0.1) is 11.8 Å². The van der Waals surface area contributed by atoms with Crippen LogP contribution >= 0.6 is 23.5 Å². The Hall–Kier alpha value is -0.350. The average Bonchev–Trinajstić information content (AvgIpc) is 2.55. The van der Waals surface area contributed by atoms with Crippen molar-refractivity contribution in [1.29, 1.82) is 0 Å². The minimum absolute atomic E-state index is 0.00926. The fourth-order valence-electron chi connectivity index (χ4n) is 1.25. The molecule has 2 heterocycles. The summed E-state index contributed by atoms with van der Waals surface area (Å²) in [5, 5.41) is 0.316. The van der Waals surface area contributed by atoms with Gasteiger partial charge in [0.15, 0.2) is 0 Å². The van der Waals surface area contributed by atoms with Crippen molar-refractivity contribution in [1.82, 2.24) is 0 Å². The van der Waals surface area contributed by atoms with E-state index in [1.54, 1.807) is 18.0 Å². The Morgan fingerprint density at radius 1 is 1.62 bits per heavy atom. The van der Waals surface area contributed by atoms with Crippen molar-refractivity contribution < 1.29 is 4.42 Å². The first-order valence-electron chi connectivity index (χ1n) is 4.12. The van der Waals surface area contributed by atoms with E-state index in [0.29, 0.717) is 5.37 Å². The van der Waals surface area contributed by atoms with Crippen LogP contribution in [0.5, 0.6) is 0 Å². The van der Waals surface area contributed by atoms with E-state index in [1.165, 1.54) is 0 Å². The van der Waals surface area contributed by atoms with E-state index in [-0.39, 0.29) is 4.08 Å². The smallest absolute Gasteiger partial charge is 0.130 e. The van der Waals surface area contributed by atoms with Crippen molar-refractivity contribution in [2.75, 3.05) is 0 Å². The van der Waals surface area contributed by atoms with Crippen LogP contribution < -0.4 is 0 Å². The third-order valence-corrected chi connectivity index (χ3v) is 4.48. The monoisotopic (exact) mass is 213 g/mol. The van der Waals surface area contributed by atoms with Gasteiger partial charge in [-0.3, -0.25) is 4.99 Å². The molecule has 2 nitrogen and oxygen atoms in total. The van der Waals surface area contributed by atoms with Gasteiger partial charge >= 0.3 is 0 Å². The van der Waals surface area contributed by atoms with Gasteiger partial charge in [-0.05, 0) is 26.0 Å². The summed E-state index contributed by atoms with van der Waals surface area (Å²) in [5.41, 5.74) is 1.92. The molecule has 0 bridgehead atoms. The molecule has 4 heteroatoms. The highest BCUT2D eigenvalue weighted by atomic mass is 32.2. The van der Waals surface area contributed by atoms with E-state index < -0.39 is 0 Å². The molecule has 1 aliphatic heterocycles. The number of aliphatic imine (C=N–C) groups is 1. The molecule has 0 fully saturated rings. The van der Waals surface area contributed by atoms with Crippen LogP contribution in [0.4, 0.5) is 0 Å². The lowest BCUT2D eigenvalue weighted by Gasteiger charge is -2.29. The fraction of sp³-hybridized carbons (Fsp3) is 0.444. The molecule has 0 spiro atoms. The number of rotatable bonds is 1. The highest BCUT2D eigenvalue weighted by molar-refractivity contribution is 8.25. The largest absolute Gasteiger partial charge is 0.467 e. The van der Waals surface area contributed by atoms with E-state index in [2.05, 4.69) is 18.8 Å². The Morgan fingerprint density at radius 3 is 3.08 bits per heavy atom. The molecule has 0 aromatic carbocycles. The van der Waals surface area contributed by atoms with Gasteiger partial charge in [-0.1, -0.05) is 11.8 Å². The number of nitrogens with zero attached hydrogens (tertiary/aromatic N) is 1. The Balaban J connectivity index is 2.27. The number of thioether (sulfide) groups is 2. The lowest BCUT2D eigenvalue weighted by atomic mass is 10.3. The molecule has 70 valence electrons. The Kier molecular flexibility index (Phi) is 2.43. The van der Waals surface area contributed by atoms with E-state index >= 15 is 0 Å². The first kappa shape index (κ1) is 9.21. The Bertz CT molecular complexity index is 309. The van der Waals surface area contributed by atoms with Crippen molar-refractivity contribution in [3.8, 4) is 0 Å². The van der Waals surface area contributed by atoms with Crippen LogP contribution in [0, 0.1) is 0 Å². The quantitative estimate of drug-likeness (QED) is 0.715. The van der Waals surface area contributed by atoms with Gasteiger partial charge in [0, 0.05) is 0 Å². The molecule has 1 aliphatic rings. The second-order valence-corrected chi connectivity index (χ2v) is 6.27. The number of hydrogen-bond donors (Lipinski definition) is 0. The van der Waals surface area contributed by atoms with E-state index in [1.807, 2.05) is 29.4 Å². The molecule has 2 rings (SSSR count). The number of hydrogen-bond acceptors (Lipinski definition) is 4. The van der Waals surface area contributed by atoms with Crippen LogP contribution in [0.2, 0.25) is 0 Å². The maximum Gasteiger partial charge on any atom is 0.130 e. The third kappa shape index (κ3) is 1.79. The third-order valence-electron chi connectivity index (χ3n) is 1.91. The molecule has 0 saturated heterocycles. The van der Waals surface area contributed by atoms with Crippen molar-refractivity contribution in [2.24, 2.45) is 4.99 Å². The SMILES string of the molecule is CC1N=CSC(C)(c2ccco2)S1. The van der Waals surface area contributed by atoms with Gasteiger partial charge in [0.05, 0.1) is 17.2 Å². The Morgan fingerprint density at radius 2 is 2.46 bits per heavy atom.